The summed E-state index contributed by atoms with van der Waals surface area (Å²) in [7, 11) is 0. The van der Waals surface area contributed by atoms with Crippen molar-refractivity contribution in [1.29, 1.82) is 0 Å². The van der Waals surface area contributed by atoms with Gasteiger partial charge in [-0.25, -0.2) is 0 Å². The van der Waals surface area contributed by atoms with Crippen LogP contribution in [0, 0.1) is 6.92 Å². The van der Waals surface area contributed by atoms with Crippen LogP contribution in [0.5, 0.6) is 5.75 Å². The van der Waals surface area contributed by atoms with Crippen LogP contribution < -0.4 is 10.1 Å². The van der Waals surface area contributed by atoms with Crippen LogP contribution in [-0.2, 0) is 4.79 Å². The van der Waals surface area contributed by atoms with E-state index >= 15 is 0 Å². The predicted molar refractivity (Wildman–Crippen MR) is 86.4 cm³/mol. The quantitative estimate of drug-likeness (QED) is 0.885. The van der Waals surface area contributed by atoms with Crippen molar-refractivity contribution >= 4 is 34.8 Å². The smallest absolute Gasteiger partial charge is 0.265 e. The lowest BCUT2D eigenvalue weighted by molar-refractivity contribution is -0.122. The van der Waals surface area contributed by atoms with E-state index in [1.807, 2.05) is 31.2 Å². The van der Waals surface area contributed by atoms with Crippen molar-refractivity contribution in [2.75, 3.05) is 5.32 Å². The molecule has 1 atom stereocenters. The third-order valence-electron chi connectivity index (χ3n) is 2.89. The second-order valence-electron chi connectivity index (χ2n) is 4.69. The Bertz CT molecular complexity index is 641. The van der Waals surface area contributed by atoms with Gasteiger partial charge in [-0.2, -0.15) is 0 Å². The molecule has 1 N–H and O–H groups in total. The molecule has 2 rings (SSSR count). The zero-order valence-corrected chi connectivity index (χ0v) is 13.2. The highest BCUT2D eigenvalue weighted by molar-refractivity contribution is 6.34. The SMILES string of the molecule is Cc1ccc(NC(=O)C(C)Oc2cc(Cl)ccc2Cl)cc1. The Hall–Kier alpha value is -1.71. The number of benzene rings is 2. The van der Waals surface area contributed by atoms with Crippen LogP contribution >= 0.6 is 23.2 Å². The molecular weight excluding hydrogens is 309 g/mol. The fraction of sp³-hybridized carbons (Fsp3) is 0.188. The van der Waals surface area contributed by atoms with Crippen molar-refractivity contribution in [3.8, 4) is 5.75 Å². The summed E-state index contributed by atoms with van der Waals surface area (Å²) < 4.78 is 5.56. The molecule has 1 unspecified atom stereocenters. The summed E-state index contributed by atoms with van der Waals surface area (Å²) in [6, 6.07) is 12.4. The molecular formula is C16H15Cl2NO2. The van der Waals surface area contributed by atoms with Gasteiger partial charge in [0, 0.05) is 16.8 Å². The molecule has 1 amide bonds. The summed E-state index contributed by atoms with van der Waals surface area (Å²) in [6.45, 7) is 3.64. The number of hydrogen-bond acceptors (Lipinski definition) is 2. The summed E-state index contributed by atoms with van der Waals surface area (Å²) in [5.41, 5.74) is 1.85. The minimum Gasteiger partial charge on any atom is -0.479 e. The van der Waals surface area contributed by atoms with Crippen molar-refractivity contribution < 1.29 is 9.53 Å². The average molecular weight is 324 g/mol. The third kappa shape index (κ3) is 4.38. The molecule has 5 heteroatoms. The number of anilines is 1. The molecule has 0 bridgehead atoms. The third-order valence-corrected chi connectivity index (χ3v) is 3.43. The minimum atomic E-state index is -0.692. The Morgan fingerprint density at radius 2 is 1.81 bits per heavy atom. The van der Waals surface area contributed by atoms with Crippen LogP contribution in [0.25, 0.3) is 0 Å². The summed E-state index contributed by atoms with van der Waals surface area (Å²) in [5, 5.41) is 3.70. The number of carbonyl (C=O) groups excluding carboxylic acids is 1. The molecule has 3 nitrogen and oxygen atoms in total. The first-order valence-corrected chi connectivity index (χ1v) is 7.20. The average Bonchev–Trinajstić information content (AvgIpc) is 2.45. The van der Waals surface area contributed by atoms with Gasteiger partial charge in [-0.3, -0.25) is 4.79 Å². The number of amides is 1. The molecule has 0 aliphatic rings. The predicted octanol–water partition coefficient (Wildman–Crippen LogP) is 4.71. The second kappa shape index (κ2) is 6.83. The number of nitrogens with one attached hydrogen (secondary N) is 1. The number of rotatable bonds is 4. The van der Waals surface area contributed by atoms with Crippen molar-refractivity contribution in [3.63, 3.8) is 0 Å². The van der Waals surface area contributed by atoms with Gasteiger partial charge in [-0.05, 0) is 38.1 Å². The summed E-state index contributed by atoms with van der Waals surface area (Å²) in [5.74, 6) is 0.130. The van der Waals surface area contributed by atoms with Crippen molar-refractivity contribution in [1.82, 2.24) is 0 Å². The highest BCUT2D eigenvalue weighted by atomic mass is 35.5. The van der Waals surface area contributed by atoms with E-state index in [1.54, 1.807) is 25.1 Å². The minimum absolute atomic E-state index is 0.255. The molecule has 0 aliphatic heterocycles. The maximum Gasteiger partial charge on any atom is 0.265 e. The van der Waals surface area contributed by atoms with E-state index in [1.165, 1.54) is 0 Å². The molecule has 110 valence electrons. The van der Waals surface area contributed by atoms with E-state index in [0.717, 1.165) is 11.3 Å². The van der Waals surface area contributed by atoms with Crippen LogP contribution in [-0.4, -0.2) is 12.0 Å². The van der Waals surface area contributed by atoms with Gasteiger partial charge >= 0.3 is 0 Å². The van der Waals surface area contributed by atoms with Crippen LogP contribution in [0.4, 0.5) is 5.69 Å². The van der Waals surface area contributed by atoms with Crippen molar-refractivity contribution in [3.05, 3.63) is 58.1 Å². The van der Waals surface area contributed by atoms with Crippen LogP contribution in [0.2, 0.25) is 10.0 Å². The Kier molecular flexibility index (Phi) is 5.10. The fourth-order valence-electron chi connectivity index (χ4n) is 1.69. The summed E-state index contributed by atoms with van der Waals surface area (Å²) >= 11 is 11.9. The number of hydrogen-bond donors (Lipinski definition) is 1. The van der Waals surface area contributed by atoms with Crippen LogP contribution in [0.3, 0.4) is 0 Å². The van der Waals surface area contributed by atoms with Gasteiger partial charge in [0.2, 0.25) is 0 Å². The van der Waals surface area contributed by atoms with E-state index in [9.17, 15) is 4.79 Å². The largest absolute Gasteiger partial charge is 0.479 e. The Balaban J connectivity index is 2.02. The van der Waals surface area contributed by atoms with Crippen molar-refractivity contribution in [2.45, 2.75) is 20.0 Å². The Labute approximate surface area is 133 Å². The summed E-state index contributed by atoms with van der Waals surface area (Å²) in [6.07, 6.45) is -0.692. The molecule has 0 fully saturated rings. The molecule has 0 heterocycles. The maximum absolute atomic E-state index is 12.1. The van der Waals surface area contributed by atoms with Gasteiger partial charge in [0.05, 0.1) is 5.02 Å². The number of aryl methyl sites for hydroxylation is 1. The molecule has 0 saturated heterocycles. The maximum atomic E-state index is 12.1. The van der Waals surface area contributed by atoms with E-state index in [4.69, 9.17) is 27.9 Å². The Morgan fingerprint density at radius 1 is 1.14 bits per heavy atom. The standard InChI is InChI=1S/C16H15Cl2NO2/c1-10-3-6-13(7-4-10)19-16(20)11(2)21-15-9-12(17)5-8-14(15)18/h3-9,11H,1-2H3,(H,19,20). The number of halogens is 2. The zero-order chi connectivity index (χ0) is 15.4. The van der Waals surface area contributed by atoms with Gasteiger partial charge in [0.25, 0.3) is 5.91 Å². The van der Waals surface area contributed by atoms with E-state index < -0.39 is 6.10 Å². The Morgan fingerprint density at radius 3 is 2.48 bits per heavy atom. The normalized spacial score (nSPS) is 11.8. The zero-order valence-electron chi connectivity index (χ0n) is 11.7. The molecule has 0 spiro atoms. The van der Waals surface area contributed by atoms with E-state index in [0.29, 0.717) is 15.8 Å². The molecule has 2 aromatic carbocycles. The topological polar surface area (TPSA) is 38.3 Å². The molecule has 0 aromatic heterocycles. The fourth-order valence-corrected chi connectivity index (χ4v) is 2.02. The molecule has 0 saturated carbocycles. The number of carbonyl (C=O) groups is 1. The van der Waals surface area contributed by atoms with Crippen molar-refractivity contribution in [2.24, 2.45) is 0 Å². The lowest BCUT2D eigenvalue weighted by atomic mass is 10.2. The highest BCUT2D eigenvalue weighted by Gasteiger charge is 2.16. The molecule has 0 radical (unpaired) electrons. The highest BCUT2D eigenvalue weighted by Crippen LogP contribution is 2.28. The molecule has 21 heavy (non-hydrogen) atoms. The van der Waals surface area contributed by atoms with Gasteiger partial charge in [0.1, 0.15) is 5.75 Å². The molecule has 2 aromatic rings. The van der Waals surface area contributed by atoms with Gasteiger partial charge in [-0.1, -0.05) is 40.9 Å². The number of ether oxygens (including phenoxy) is 1. The van der Waals surface area contributed by atoms with Crippen LogP contribution in [0.15, 0.2) is 42.5 Å². The van der Waals surface area contributed by atoms with Crippen LogP contribution in [0.1, 0.15) is 12.5 Å². The van der Waals surface area contributed by atoms with Gasteiger partial charge in [0.15, 0.2) is 6.10 Å². The monoisotopic (exact) mass is 323 g/mol. The van der Waals surface area contributed by atoms with E-state index in [2.05, 4.69) is 5.32 Å². The first-order valence-electron chi connectivity index (χ1n) is 6.45. The lowest BCUT2D eigenvalue weighted by Gasteiger charge is -2.16. The summed E-state index contributed by atoms with van der Waals surface area (Å²) in [4.78, 5) is 12.1. The van der Waals surface area contributed by atoms with E-state index in [-0.39, 0.29) is 5.91 Å². The van der Waals surface area contributed by atoms with Gasteiger partial charge < -0.3 is 10.1 Å². The lowest BCUT2D eigenvalue weighted by Crippen LogP contribution is -2.30. The first-order chi connectivity index (χ1) is 9.95. The van der Waals surface area contributed by atoms with Gasteiger partial charge in [-0.15, -0.1) is 0 Å². The first kappa shape index (κ1) is 15.7. The second-order valence-corrected chi connectivity index (χ2v) is 5.53. The molecule has 0 aliphatic carbocycles.